The van der Waals surface area contributed by atoms with Crippen LogP contribution in [0.25, 0.3) is 27.7 Å². The molecule has 1 aromatic carbocycles. The maximum absolute atomic E-state index is 13.0. The van der Waals surface area contributed by atoms with Crippen LogP contribution in [0.2, 0.25) is 0 Å². The smallest absolute Gasteiger partial charge is 0.338 e. The predicted molar refractivity (Wildman–Crippen MR) is 147 cm³/mol. The minimum atomic E-state index is -0.309. The molecule has 6 heteroatoms. The van der Waals surface area contributed by atoms with Gasteiger partial charge in [0, 0.05) is 22.7 Å². The van der Waals surface area contributed by atoms with E-state index in [2.05, 4.69) is 53.8 Å². The summed E-state index contributed by atoms with van der Waals surface area (Å²) in [5, 5.41) is 0.774. The summed E-state index contributed by atoms with van der Waals surface area (Å²) >= 11 is 0. The van der Waals surface area contributed by atoms with Crippen molar-refractivity contribution in [3.8, 4) is 24.1 Å². The van der Waals surface area contributed by atoms with Gasteiger partial charge in [-0.15, -0.1) is 12.8 Å². The van der Waals surface area contributed by atoms with E-state index >= 15 is 0 Å². The Kier molecular flexibility index (Phi) is 9.21. The lowest BCUT2D eigenvalue weighted by molar-refractivity contribution is 0.0393. The van der Waals surface area contributed by atoms with Crippen molar-refractivity contribution in [3.63, 3.8) is 0 Å². The Morgan fingerprint density at radius 2 is 2.00 bits per heavy atom. The molecule has 0 saturated heterocycles. The highest BCUT2D eigenvalue weighted by Crippen LogP contribution is 2.31. The first-order valence-electron chi connectivity index (χ1n) is 12.4. The minimum absolute atomic E-state index is 0.0937. The summed E-state index contributed by atoms with van der Waals surface area (Å²) in [6, 6.07) is 7.67. The number of hydrogen-bond acceptors (Lipinski definition) is 5. The average molecular weight is 485 g/mol. The Hall–Kier alpha value is -3.69. The number of fused-ring (bicyclic) bond motifs is 1. The Morgan fingerprint density at radius 3 is 2.72 bits per heavy atom. The molecule has 0 radical (unpaired) electrons. The fourth-order valence-corrected chi connectivity index (χ4v) is 4.50. The molecule has 0 amide bonds. The third-order valence-electron chi connectivity index (χ3n) is 6.68. The van der Waals surface area contributed by atoms with Crippen LogP contribution in [0.3, 0.4) is 0 Å². The van der Waals surface area contributed by atoms with Crippen LogP contribution >= 0.6 is 0 Å². The third-order valence-corrected chi connectivity index (χ3v) is 6.68. The number of nitrogens with one attached hydrogen (secondary N) is 1. The Labute approximate surface area is 214 Å². The molecule has 36 heavy (non-hydrogen) atoms. The van der Waals surface area contributed by atoms with Crippen LogP contribution in [0.5, 0.6) is 0 Å². The predicted octanol–water partition coefficient (Wildman–Crippen LogP) is 6.31. The van der Waals surface area contributed by atoms with Crippen molar-refractivity contribution < 1.29 is 9.53 Å². The third kappa shape index (κ3) is 6.50. The van der Waals surface area contributed by atoms with Gasteiger partial charge in [0.15, 0.2) is 0 Å². The number of esters is 1. The fourth-order valence-electron chi connectivity index (χ4n) is 4.50. The highest BCUT2D eigenvalue weighted by atomic mass is 16.5. The van der Waals surface area contributed by atoms with Crippen LogP contribution < -0.4 is 5.73 Å². The SMILES string of the molecule is C#C.CC/C=C\C=C(/C)c1nc[nH]c1-c1ccc2nccc(C(=O)OCC3CCC(C)(N)CC3)c2c1. The molecule has 4 rings (SSSR count). The molecule has 1 saturated carbocycles. The van der Waals surface area contributed by atoms with E-state index in [1.165, 1.54) is 0 Å². The zero-order valence-corrected chi connectivity index (χ0v) is 21.5. The molecule has 0 unspecified atom stereocenters. The van der Waals surface area contributed by atoms with Gasteiger partial charge in [-0.2, -0.15) is 0 Å². The van der Waals surface area contributed by atoms with E-state index in [0.717, 1.165) is 65.5 Å². The first kappa shape index (κ1) is 26.9. The Bertz CT molecular complexity index is 1260. The van der Waals surface area contributed by atoms with E-state index < -0.39 is 0 Å². The van der Waals surface area contributed by atoms with Gasteiger partial charge in [0.1, 0.15) is 0 Å². The lowest BCUT2D eigenvalue weighted by atomic mass is 9.79. The van der Waals surface area contributed by atoms with Crippen LogP contribution in [-0.2, 0) is 4.74 Å². The summed E-state index contributed by atoms with van der Waals surface area (Å²) < 4.78 is 5.75. The van der Waals surface area contributed by atoms with Crippen molar-refractivity contribution in [2.45, 2.75) is 58.4 Å². The molecule has 1 aliphatic rings. The van der Waals surface area contributed by atoms with Crippen molar-refractivity contribution in [2.24, 2.45) is 11.7 Å². The molecule has 0 bridgehead atoms. The van der Waals surface area contributed by atoms with Gasteiger partial charge in [-0.05, 0) is 75.6 Å². The van der Waals surface area contributed by atoms with Gasteiger partial charge in [0.25, 0.3) is 0 Å². The summed E-state index contributed by atoms with van der Waals surface area (Å²) in [7, 11) is 0. The number of ether oxygens (including phenoxy) is 1. The number of allylic oxidation sites excluding steroid dienone is 4. The summed E-state index contributed by atoms with van der Waals surface area (Å²) in [4.78, 5) is 25.3. The number of nitrogens with zero attached hydrogens (tertiary/aromatic N) is 2. The summed E-state index contributed by atoms with van der Waals surface area (Å²) in [6.45, 7) is 6.68. The van der Waals surface area contributed by atoms with Crippen LogP contribution in [0.4, 0.5) is 0 Å². The number of aromatic nitrogens is 3. The highest BCUT2D eigenvalue weighted by Gasteiger charge is 2.28. The molecular weight excluding hydrogens is 448 g/mol. The summed E-state index contributed by atoms with van der Waals surface area (Å²) in [6.07, 6.45) is 22.5. The van der Waals surface area contributed by atoms with Crippen molar-refractivity contribution in [3.05, 3.63) is 66.3 Å². The first-order chi connectivity index (χ1) is 17.4. The van der Waals surface area contributed by atoms with Gasteiger partial charge in [-0.3, -0.25) is 4.98 Å². The molecule has 3 N–H and O–H groups in total. The maximum atomic E-state index is 13.0. The lowest BCUT2D eigenvalue weighted by Crippen LogP contribution is -2.40. The van der Waals surface area contributed by atoms with E-state index in [1.807, 2.05) is 31.2 Å². The van der Waals surface area contributed by atoms with Crippen LogP contribution in [0.1, 0.15) is 68.9 Å². The van der Waals surface area contributed by atoms with Crippen molar-refractivity contribution in [1.82, 2.24) is 15.0 Å². The monoisotopic (exact) mass is 484 g/mol. The quantitative estimate of drug-likeness (QED) is 0.233. The topological polar surface area (TPSA) is 93.9 Å². The molecule has 1 fully saturated rings. The number of imidazole rings is 1. The number of pyridine rings is 1. The van der Waals surface area contributed by atoms with E-state index in [9.17, 15) is 4.79 Å². The van der Waals surface area contributed by atoms with Gasteiger partial charge in [0.2, 0.25) is 0 Å². The van der Waals surface area contributed by atoms with Gasteiger partial charge < -0.3 is 15.5 Å². The average Bonchev–Trinajstić information content (AvgIpc) is 3.39. The molecule has 3 aromatic rings. The van der Waals surface area contributed by atoms with Crippen LogP contribution in [-0.4, -0.2) is 33.1 Å². The van der Waals surface area contributed by atoms with E-state index in [0.29, 0.717) is 18.1 Å². The maximum Gasteiger partial charge on any atom is 0.338 e. The molecule has 2 heterocycles. The van der Waals surface area contributed by atoms with Crippen LogP contribution in [0, 0.1) is 18.8 Å². The molecule has 0 aliphatic heterocycles. The minimum Gasteiger partial charge on any atom is -0.462 e. The zero-order valence-electron chi connectivity index (χ0n) is 21.5. The highest BCUT2D eigenvalue weighted by molar-refractivity contribution is 6.04. The van der Waals surface area contributed by atoms with Gasteiger partial charge in [-0.25, -0.2) is 9.78 Å². The normalized spacial score (nSPS) is 20.2. The van der Waals surface area contributed by atoms with Gasteiger partial charge in [-0.1, -0.05) is 31.2 Å². The molecule has 2 aromatic heterocycles. The van der Waals surface area contributed by atoms with Crippen molar-refractivity contribution in [2.75, 3.05) is 6.61 Å². The molecule has 0 spiro atoms. The summed E-state index contributed by atoms with van der Waals surface area (Å²) in [5.74, 6) is 0.0598. The lowest BCUT2D eigenvalue weighted by Gasteiger charge is -2.33. The number of rotatable bonds is 7. The van der Waals surface area contributed by atoms with Crippen molar-refractivity contribution >= 4 is 22.4 Å². The standard InChI is InChI=1S/C28H34N4O2.C2H2/c1-4-5-6-7-19(2)25-26(32-18-31-25)21-8-9-24-23(16-21)22(12-15-30-24)27(33)34-17-20-10-13-28(3,29)14-11-20;1-2/h5-9,12,15-16,18,20H,4,10-11,13-14,17,29H2,1-3H3,(H,31,32);1-2H/b6-5-,19-7+;. The first-order valence-corrected chi connectivity index (χ1v) is 12.4. The number of terminal acetylenes is 1. The second kappa shape index (κ2) is 12.3. The van der Waals surface area contributed by atoms with E-state index in [1.54, 1.807) is 18.6 Å². The van der Waals surface area contributed by atoms with E-state index in [4.69, 9.17) is 10.5 Å². The zero-order chi connectivity index (χ0) is 26.1. The molecule has 6 nitrogen and oxygen atoms in total. The second-order valence-electron chi connectivity index (χ2n) is 9.60. The molecule has 0 atom stereocenters. The fraction of sp³-hybridized carbons (Fsp3) is 0.367. The summed E-state index contributed by atoms with van der Waals surface area (Å²) in [5.41, 5.74) is 11.2. The van der Waals surface area contributed by atoms with Crippen LogP contribution in [0.15, 0.2) is 55.0 Å². The van der Waals surface area contributed by atoms with Crippen molar-refractivity contribution in [1.29, 1.82) is 0 Å². The molecular formula is C30H36N4O2. The van der Waals surface area contributed by atoms with Gasteiger partial charge in [0.05, 0.1) is 35.4 Å². The number of aromatic amines is 1. The van der Waals surface area contributed by atoms with Gasteiger partial charge >= 0.3 is 5.97 Å². The number of H-pyrrole nitrogens is 1. The number of benzene rings is 1. The number of nitrogens with two attached hydrogens (primary N) is 1. The number of carbonyl (C=O) groups excluding carboxylic acids is 1. The Balaban J connectivity index is 0.00000176. The number of carbonyl (C=O) groups is 1. The second-order valence-corrected chi connectivity index (χ2v) is 9.60. The molecule has 188 valence electrons. The molecule has 1 aliphatic carbocycles. The number of hydrogen-bond donors (Lipinski definition) is 2. The Morgan fingerprint density at radius 1 is 1.25 bits per heavy atom. The largest absolute Gasteiger partial charge is 0.462 e. The van der Waals surface area contributed by atoms with E-state index in [-0.39, 0.29) is 11.5 Å².